The lowest BCUT2D eigenvalue weighted by Crippen LogP contribution is -2.20. The van der Waals surface area contributed by atoms with Crippen molar-refractivity contribution in [3.05, 3.63) is 15.8 Å². The minimum Gasteiger partial charge on any atom is -0.359 e. The molecule has 1 aromatic rings. The zero-order chi connectivity index (χ0) is 12.8. The third kappa shape index (κ3) is 2.11. The summed E-state index contributed by atoms with van der Waals surface area (Å²) in [4.78, 5) is 10.7. The van der Waals surface area contributed by atoms with Gasteiger partial charge in [-0.1, -0.05) is 0 Å². The van der Waals surface area contributed by atoms with E-state index in [-0.39, 0.29) is 22.2 Å². The van der Waals surface area contributed by atoms with Crippen LogP contribution in [0.5, 0.6) is 0 Å². The summed E-state index contributed by atoms with van der Waals surface area (Å²) in [5.74, 6) is 0.544. The van der Waals surface area contributed by atoms with Gasteiger partial charge in [-0.15, -0.1) is 0 Å². The Morgan fingerprint density at radius 3 is 2.53 bits per heavy atom. The molecular formula is C11H18N4O2. The first-order valence-corrected chi connectivity index (χ1v) is 5.86. The first-order chi connectivity index (χ1) is 7.84. The van der Waals surface area contributed by atoms with E-state index in [1.165, 1.54) is 0 Å². The van der Waals surface area contributed by atoms with Crippen molar-refractivity contribution in [2.45, 2.75) is 52.1 Å². The van der Waals surface area contributed by atoms with E-state index in [0.717, 1.165) is 12.8 Å². The van der Waals surface area contributed by atoms with Crippen molar-refractivity contribution in [3.8, 4) is 0 Å². The van der Waals surface area contributed by atoms with Crippen LogP contribution in [0.25, 0.3) is 0 Å². The van der Waals surface area contributed by atoms with Crippen LogP contribution in [-0.2, 0) is 0 Å². The van der Waals surface area contributed by atoms with Gasteiger partial charge in [-0.2, -0.15) is 5.10 Å². The lowest BCUT2D eigenvalue weighted by Gasteiger charge is -2.16. The average molecular weight is 238 g/mol. The van der Waals surface area contributed by atoms with E-state index in [1.807, 2.05) is 13.8 Å². The summed E-state index contributed by atoms with van der Waals surface area (Å²) >= 11 is 0. The first kappa shape index (κ1) is 11.9. The fraction of sp³-hybridized carbons (Fsp3) is 0.727. The Labute approximate surface area is 100 Å². The Morgan fingerprint density at radius 2 is 2.12 bits per heavy atom. The second kappa shape index (κ2) is 3.72. The molecule has 94 valence electrons. The fourth-order valence-corrected chi connectivity index (χ4v) is 1.85. The molecule has 6 heteroatoms. The zero-order valence-electron chi connectivity index (χ0n) is 10.6. The fourth-order valence-electron chi connectivity index (χ4n) is 1.85. The molecule has 1 heterocycles. The quantitative estimate of drug-likeness (QED) is 0.646. The van der Waals surface area contributed by atoms with E-state index in [1.54, 1.807) is 11.6 Å². The third-order valence-corrected chi connectivity index (χ3v) is 3.15. The van der Waals surface area contributed by atoms with Crippen molar-refractivity contribution in [2.75, 3.05) is 5.32 Å². The number of hydrogen-bond acceptors (Lipinski definition) is 4. The van der Waals surface area contributed by atoms with Crippen LogP contribution in [0, 0.1) is 17.0 Å². The summed E-state index contributed by atoms with van der Waals surface area (Å²) in [5.41, 5.74) is 0.575. The molecule has 0 spiro atoms. The molecule has 0 radical (unpaired) electrons. The second-order valence-corrected chi connectivity index (χ2v) is 5.26. The number of aromatic nitrogens is 2. The first-order valence-electron chi connectivity index (χ1n) is 5.86. The second-order valence-electron chi connectivity index (χ2n) is 5.26. The van der Waals surface area contributed by atoms with Gasteiger partial charge in [0, 0.05) is 11.6 Å². The zero-order valence-corrected chi connectivity index (χ0v) is 10.6. The molecule has 0 bridgehead atoms. The highest BCUT2D eigenvalue weighted by Crippen LogP contribution is 2.41. The van der Waals surface area contributed by atoms with Crippen LogP contribution < -0.4 is 5.32 Å². The number of nitrogens with one attached hydrogen (secondary N) is 1. The van der Waals surface area contributed by atoms with Crippen LogP contribution in [0.2, 0.25) is 0 Å². The smallest absolute Gasteiger partial charge is 0.333 e. The summed E-state index contributed by atoms with van der Waals surface area (Å²) in [6, 6.07) is 0.104. The van der Waals surface area contributed by atoms with Crippen LogP contribution in [0.1, 0.15) is 45.3 Å². The number of nitrogens with zero attached hydrogens (tertiary/aromatic N) is 3. The Morgan fingerprint density at radius 1 is 1.53 bits per heavy atom. The van der Waals surface area contributed by atoms with Gasteiger partial charge in [0.05, 0.1) is 4.92 Å². The van der Waals surface area contributed by atoms with Gasteiger partial charge in [0.15, 0.2) is 0 Å². The van der Waals surface area contributed by atoms with Crippen molar-refractivity contribution >= 4 is 11.5 Å². The molecule has 1 aromatic heterocycles. The number of nitro groups is 1. The van der Waals surface area contributed by atoms with Crippen LogP contribution in [0.4, 0.5) is 11.5 Å². The minimum absolute atomic E-state index is 0.00384. The Balaban J connectivity index is 2.47. The Bertz CT molecular complexity index is 460. The molecule has 0 aliphatic heterocycles. The van der Waals surface area contributed by atoms with E-state index in [2.05, 4.69) is 17.3 Å². The van der Waals surface area contributed by atoms with Gasteiger partial charge in [0.1, 0.15) is 5.69 Å². The highest BCUT2D eigenvalue weighted by Gasteiger charge is 2.41. The van der Waals surface area contributed by atoms with Crippen LogP contribution in [-0.4, -0.2) is 20.2 Å². The predicted octanol–water partition coefficient (Wildman–Crippen LogP) is 2.65. The molecule has 0 saturated heterocycles. The predicted molar refractivity (Wildman–Crippen MR) is 65.3 cm³/mol. The van der Waals surface area contributed by atoms with Crippen molar-refractivity contribution in [2.24, 2.45) is 0 Å². The van der Waals surface area contributed by atoms with Crippen molar-refractivity contribution in [1.82, 2.24) is 9.78 Å². The van der Waals surface area contributed by atoms with E-state index < -0.39 is 0 Å². The molecule has 17 heavy (non-hydrogen) atoms. The maximum atomic E-state index is 11.1. The van der Waals surface area contributed by atoms with E-state index in [0.29, 0.717) is 11.5 Å². The molecule has 1 aliphatic rings. The lowest BCUT2D eigenvalue weighted by atomic mass is 10.3. The molecule has 1 saturated carbocycles. The Hall–Kier alpha value is -1.59. The van der Waals surface area contributed by atoms with Gasteiger partial charge < -0.3 is 5.32 Å². The maximum absolute atomic E-state index is 11.1. The maximum Gasteiger partial charge on any atom is 0.333 e. The summed E-state index contributed by atoms with van der Waals surface area (Å²) < 4.78 is 1.71. The molecule has 0 atom stereocenters. The highest BCUT2D eigenvalue weighted by atomic mass is 16.6. The summed E-state index contributed by atoms with van der Waals surface area (Å²) in [6.45, 7) is 7.69. The molecule has 1 N–H and O–H groups in total. The van der Waals surface area contributed by atoms with Crippen molar-refractivity contribution < 1.29 is 4.92 Å². The molecule has 2 rings (SSSR count). The summed E-state index contributed by atoms with van der Waals surface area (Å²) in [6.07, 6.45) is 2.10. The van der Waals surface area contributed by atoms with Crippen LogP contribution in [0.15, 0.2) is 0 Å². The van der Waals surface area contributed by atoms with E-state index in [4.69, 9.17) is 0 Å². The molecule has 1 aliphatic carbocycles. The minimum atomic E-state index is -0.352. The van der Waals surface area contributed by atoms with Crippen molar-refractivity contribution in [1.29, 1.82) is 0 Å². The van der Waals surface area contributed by atoms with Gasteiger partial charge in [-0.25, -0.2) is 4.68 Å². The van der Waals surface area contributed by atoms with Crippen LogP contribution in [0.3, 0.4) is 0 Å². The van der Waals surface area contributed by atoms with Gasteiger partial charge in [-0.3, -0.25) is 10.1 Å². The van der Waals surface area contributed by atoms with Gasteiger partial charge in [0.25, 0.3) is 0 Å². The Kier molecular flexibility index (Phi) is 2.60. The third-order valence-electron chi connectivity index (χ3n) is 3.15. The normalized spacial score (nSPS) is 17.2. The molecule has 0 unspecified atom stereocenters. The topological polar surface area (TPSA) is 73.0 Å². The number of rotatable bonds is 4. The number of anilines is 1. The number of hydrogen-bond donors (Lipinski definition) is 1. The monoisotopic (exact) mass is 238 g/mol. The van der Waals surface area contributed by atoms with Gasteiger partial charge in [-0.05, 0) is 40.5 Å². The lowest BCUT2D eigenvalue weighted by molar-refractivity contribution is -0.384. The summed E-state index contributed by atoms with van der Waals surface area (Å²) in [5, 5.41) is 18.6. The number of aryl methyl sites for hydroxylation is 1. The van der Waals surface area contributed by atoms with E-state index >= 15 is 0 Å². The largest absolute Gasteiger partial charge is 0.359 e. The average Bonchev–Trinajstić information content (AvgIpc) is 2.81. The van der Waals surface area contributed by atoms with E-state index in [9.17, 15) is 10.1 Å². The molecular weight excluding hydrogens is 220 g/mol. The van der Waals surface area contributed by atoms with Crippen LogP contribution >= 0.6 is 0 Å². The molecule has 0 aromatic carbocycles. The standard InChI is InChI=1S/C11H18N4O2/c1-7(2)14-10(12-11(4)5-6-11)9(15(16)17)8(3)13-14/h7,12H,5-6H2,1-4H3. The molecule has 0 amide bonds. The SMILES string of the molecule is Cc1nn(C(C)C)c(NC2(C)CC2)c1[N+](=O)[O-]. The molecule has 6 nitrogen and oxygen atoms in total. The molecule has 1 fully saturated rings. The highest BCUT2D eigenvalue weighted by molar-refractivity contribution is 5.61. The summed E-state index contributed by atoms with van der Waals surface area (Å²) in [7, 11) is 0. The van der Waals surface area contributed by atoms with Crippen molar-refractivity contribution in [3.63, 3.8) is 0 Å². The van der Waals surface area contributed by atoms with Gasteiger partial charge >= 0.3 is 5.69 Å². The van der Waals surface area contributed by atoms with Gasteiger partial charge in [0.2, 0.25) is 5.82 Å².